The van der Waals surface area contributed by atoms with Gasteiger partial charge < -0.3 is 15.8 Å². The summed E-state index contributed by atoms with van der Waals surface area (Å²) in [6.45, 7) is 2.48. The van der Waals surface area contributed by atoms with Crippen LogP contribution < -0.4 is 11.1 Å². The van der Waals surface area contributed by atoms with Gasteiger partial charge in [0.2, 0.25) is 0 Å². The maximum atomic E-state index is 11.1. The summed E-state index contributed by atoms with van der Waals surface area (Å²) in [5.41, 5.74) is 6.52. The number of primary amides is 1. The second-order valence-electron chi connectivity index (χ2n) is 5.51. The van der Waals surface area contributed by atoms with Gasteiger partial charge in [-0.25, -0.2) is 0 Å². The fourth-order valence-electron chi connectivity index (χ4n) is 2.84. The largest absolute Gasteiger partial charge is 0.373 e. The molecule has 1 amide bonds. The summed E-state index contributed by atoms with van der Waals surface area (Å²) in [7, 11) is 0. The third kappa shape index (κ3) is 3.55. The Morgan fingerprint density at radius 1 is 1.27 bits per heavy atom. The summed E-state index contributed by atoms with van der Waals surface area (Å²) in [5.74, 6) is 0.127. The van der Waals surface area contributed by atoms with Crippen molar-refractivity contribution in [3.8, 4) is 0 Å². The van der Waals surface area contributed by atoms with E-state index in [-0.39, 0.29) is 12.0 Å². The fourth-order valence-corrected chi connectivity index (χ4v) is 3.67. The first-order valence-electron chi connectivity index (χ1n) is 7.50. The number of hydrogen-bond acceptors (Lipinski definition) is 4. The van der Waals surface area contributed by atoms with Gasteiger partial charge in [-0.05, 0) is 24.1 Å². The number of carbonyl (C=O) groups excluding carboxylic acids is 1. The zero-order valence-corrected chi connectivity index (χ0v) is 13.1. The van der Waals surface area contributed by atoms with Crippen LogP contribution in [0.5, 0.6) is 0 Å². The molecule has 1 saturated heterocycles. The first kappa shape index (κ1) is 15.2. The first-order valence-corrected chi connectivity index (χ1v) is 8.31. The molecule has 5 heteroatoms. The van der Waals surface area contributed by atoms with Crippen LogP contribution in [0.25, 0.3) is 0 Å². The molecule has 2 unspecified atom stereocenters. The third-order valence-electron chi connectivity index (χ3n) is 3.95. The molecule has 1 aliphatic heterocycles. The molecule has 3 N–H and O–H groups in total. The molecular formula is C17H20N2O2S. The summed E-state index contributed by atoms with van der Waals surface area (Å²) >= 11 is 1.45. The summed E-state index contributed by atoms with van der Waals surface area (Å²) in [5, 5.41) is 3.47. The minimum atomic E-state index is -0.357. The van der Waals surface area contributed by atoms with Crippen LogP contribution in [0.3, 0.4) is 0 Å². The van der Waals surface area contributed by atoms with Crippen molar-refractivity contribution in [3.05, 3.63) is 57.8 Å². The van der Waals surface area contributed by atoms with Gasteiger partial charge >= 0.3 is 0 Å². The minimum Gasteiger partial charge on any atom is -0.373 e. The molecular weight excluding hydrogens is 296 g/mol. The van der Waals surface area contributed by atoms with E-state index in [1.807, 2.05) is 12.1 Å². The third-order valence-corrected chi connectivity index (χ3v) is 5.05. The van der Waals surface area contributed by atoms with Crippen molar-refractivity contribution >= 4 is 17.2 Å². The Hall–Kier alpha value is -1.69. The molecule has 1 aromatic heterocycles. The Morgan fingerprint density at radius 2 is 2.09 bits per heavy atom. The van der Waals surface area contributed by atoms with E-state index in [1.54, 1.807) is 6.07 Å². The molecule has 116 valence electrons. The van der Waals surface area contributed by atoms with Crippen LogP contribution >= 0.6 is 11.3 Å². The summed E-state index contributed by atoms with van der Waals surface area (Å²) in [6.07, 6.45) is 1.25. The van der Waals surface area contributed by atoms with E-state index in [9.17, 15) is 4.79 Å². The molecule has 0 aliphatic carbocycles. The van der Waals surface area contributed by atoms with Gasteiger partial charge in [0.15, 0.2) is 0 Å². The number of nitrogens with one attached hydrogen (secondary N) is 1. The van der Waals surface area contributed by atoms with Crippen molar-refractivity contribution in [1.82, 2.24) is 5.32 Å². The van der Waals surface area contributed by atoms with Crippen molar-refractivity contribution in [2.75, 3.05) is 13.2 Å². The van der Waals surface area contributed by atoms with E-state index in [0.29, 0.717) is 10.8 Å². The maximum absolute atomic E-state index is 11.1. The number of thiophene rings is 1. The van der Waals surface area contributed by atoms with Crippen molar-refractivity contribution in [3.63, 3.8) is 0 Å². The number of hydrogen-bond donors (Lipinski definition) is 2. The van der Waals surface area contributed by atoms with E-state index in [0.717, 1.165) is 31.0 Å². The lowest BCUT2D eigenvalue weighted by Gasteiger charge is -2.19. The molecule has 0 saturated carbocycles. The molecule has 1 aliphatic rings. The number of benzene rings is 1. The van der Waals surface area contributed by atoms with E-state index < -0.39 is 0 Å². The molecule has 1 fully saturated rings. The first-order chi connectivity index (χ1) is 10.7. The quantitative estimate of drug-likeness (QED) is 0.861. The van der Waals surface area contributed by atoms with Gasteiger partial charge in [-0.1, -0.05) is 30.3 Å². The van der Waals surface area contributed by atoms with E-state index >= 15 is 0 Å². The van der Waals surface area contributed by atoms with E-state index in [2.05, 4.69) is 29.6 Å². The van der Waals surface area contributed by atoms with Crippen molar-refractivity contribution in [2.45, 2.75) is 19.1 Å². The van der Waals surface area contributed by atoms with Crippen molar-refractivity contribution < 1.29 is 9.53 Å². The maximum Gasteiger partial charge on any atom is 0.258 e. The molecule has 0 radical (unpaired) electrons. The Morgan fingerprint density at radius 3 is 2.82 bits per heavy atom. The van der Waals surface area contributed by atoms with Crippen LogP contribution in [-0.2, 0) is 11.3 Å². The molecule has 2 atom stereocenters. The highest BCUT2D eigenvalue weighted by Gasteiger charge is 2.29. The SMILES string of the molecule is NC(=O)c1ccc(CNCC2CCOC2c2ccccc2)s1. The number of amides is 1. The zero-order chi connectivity index (χ0) is 15.4. The summed E-state index contributed by atoms with van der Waals surface area (Å²) in [6, 6.07) is 14.1. The lowest BCUT2D eigenvalue weighted by Crippen LogP contribution is -2.24. The average molecular weight is 316 g/mol. The smallest absolute Gasteiger partial charge is 0.258 e. The predicted octanol–water partition coefficient (Wildman–Crippen LogP) is 2.71. The number of rotatable bonds is 6. The molecule has 0 spiro atoms. The Labute approximate surface area is 134 Å². The second-order valence-corrected chi connectivity index (χ2v) is 6.68. The predicted molar refractivity (Wildman–Crippen MR) is 87.8 cm³/mol. The lowest BCUT2D eigenvalue weighted by molar-refractivity contribution is 0.0904. The average Bonchev–Trinajstić information content (AvgIpc) is 3.17. The fraction of sp³-hybridized carbons (Fsp3) is 0.353. The van der Waals surface area contributed by atoms with Crippen LogP contribution in [-0.4, -0.2) is 19.1 Å². The van der Waals surface area contributed by atoms with Crippen LogP contribution in [0.1, 0.15) is 32.6 Å². The topological polar surface area (TPSA) is 64.4 Å². The van der Waals surface area contributed by atoms with Crippen LogP contribution in [0.15, 0.2) is 42.5 Å². The highest BCUT2D eigenvalue weighted by Crippen LogP contribution is 2.33. The molecule has 22 heavy (non-hydrogen) atoms. The highest BCUT2D eigenvalue weighted by atomic mass is 32.1. The monoisotopic (exact) mass is 316 g/mol. The van der Waals surface area contributed by atoms with Crippen LogP contribution in [0.4, 0.5) is 0 Å². The Balaban J connectivity index is 1.53. The van der Waals surface area contributed by atoms with Crippen molar-refractivity contribution in [1.29, 1.82) is 0 Å². The molecule has 0 bridgehead atoms. The van der Waals surface area contributed by atoms with Gasteiger partial charge in [0.1, 0.15) is 0 Å². The van der Waals surface area contributed by atoms with Crippen LogP contribution in [0.2, 0.25) is 0 Å². The normalized spacial score (nSPS) is 21.1. The number of nitrogens with two attached hydrogens (primary N) is 1. The summed E-state index contributed by atoms with van der Waals surface area (Å²) in [4.78, 5) is 12.8. The standard InChI is InChI=1S/C17H20N2O2S/c18-17(20)15-7-6-14(22-15)11-19-10-13-8-9-21-16(13)12-4-2-1-3-5-12/h1-7,13,16,19H,8-11H2,(H2,18,20). The highest BCUT2D eigenvalue weighted by molar-refractivity contribution is 7.14. The minimum absolute atomic E-state index is 0.179. The number of ether oxygens (including phenoxy) is 1. The lowest BCUT2D eigenvalue weighted by atomic mass is 9.95. The van der Waals surface area contributed by atoms with Gasteiger partial charge in [-0.3, -0.25) is 4.79 Å². The van der Waals surface area contributed by atoms with E-state index in [4.69, 9.17) is 10.5 Å². The Bertz CT molecular complexity index is 627. The van der Waals surface area contributed by atoms with E-state index in [1.165, 1.54) is 16.9 Å². The van der Waals surface area contributed by atoms with Gasteiger partial charge in [-0.2, -0.15) is 0 Å². The Kier molecular flexibility index (Phi) is 4.87. The van der Waals surface area contributed by atoms with Gasteiger partial charge in [-0.15, -0.1) is 11.3 Å². The molecule has 4 nitrogen and oxygen atoms in total. The zero-order valence-electron chi connectivity index (χ0n) is 12.3. The van der Waals surface area contributed by atoms with Gasteiger partial charge in [0.05, 0.1) is 11.0 Å². The molecule has 2 aromatic rings. The van der Waals surface area contributed by atoms with Gasteiger partial charge in [0, 0.05) is 30.5 Å². The molecule has 1 aromatic carbocycles. The molecule has 3 rings (SSSR count). The van der Waals surface area contributed by atoms with Crippen molar-refractivity contribution in [2.24, 2.45) is 11.7 Å². The molecule has 2 heterocycles. The number of carbonyl (C=O) groups is 1. The summed E-state index contributed by atoms with van der Waals surface area (Å²) < 4.78 is 5.89. The van der Waals surface area contributed by atoms with Crippen LogP contribution in [0, 0.1) is 5.92 Å². The second kappa shape index (κ2) is 7.05. The van der Waals surface area contributed by atoms with Gasteiger partial charge in [0.25, 0.3) is 5.91 Å².